The van der Waals surface area contributed by atoms with E-state index in [9.17, 15) is 4.79 Å². The molecule has 0 spiro atoms. The van der Waals surface area contributed by atoms with Crippen molar-refractivity contribution in [2.24, 2.45) is 21.9 Å². The number of aliphatic imine (C=N–C) groups is 1. The fourth-order valence-corrected chi connectivity index (χ4v) is 0.960. The molecular weight excluding hydrogens is 178 g/mol. The fourth-order valence-electron chi connectivity index (χ4n) is 0.960. The van der Waals surface area contributed by atoms with Crippen LogP contribution in [0.15, 0.2) is 4.99 Å². The minimum atomic E-state index is -0.511. The van der Waals surface area contributed by atoms with Gasteiger partial charge in [-0.25, -0.2) is 0 Å². The van der Waals surface area contributed by atoms with Gasteiger partial charge in [0, 0.05) is 5.41 Å². The summed E-state index contributed by atoms with van der Waals surface area (Å²) >= 11 is 0. The van der Waals surface area contributed by atoms with E-state index in [2.05, 4.69) is 4.99 Å². The number of amides is 1. The molecule has 0 aromatic rings. The predicted molar refractivity (Wildman–Crippen MR) is 59.0 cm³/mol. The number of primary amides is 1. The van der Waals surface area contributed by atoms with Crippen molar-refractivity contribution in [3.63, 3.8) is 0 Å². The van der Waals surface area contributed by atoms with Crippen molar-refractivity contribution in [2.75, 3.05) is 0 Å². The van der Waals surface area contributed by atoms with Crippen LogP contribution in [0.5, 0.6) is 0 Å². The molecule has 14 heavy (non-hydrogen) atoms. The molecule has 0 saturated heterocycles. The molecule has 0 fully saturated rings. The molecule has 82 valence electrons. The van der Waals surface area contributed by atoms with Gasteiger partial charge in [-0.2, -0.15) is 0 Å². The largest absolute Gasteiger partial charge is 0.387 e. The van der Waals surface area contributed by atoms with Crippen molar-refractivity contribution in [3.05, 3.63) is 0 Å². The fraction of sp³-hybridized carbons (Fsp3) is 0.800. The third-order valence-corrected chi connectivity index (χ3v) is 1.80. The summed E-state index contributed by atoms with van der Waals surface area (Å²) in [4.78, 5) is 15.1. The Morgan fingerprint density at radius 1 is 1.14 bits per heavy atom. The van der Waals surface area contributed by atoms with E-state index in [4.69, 9.17) is 11.5 Å². The van der Waals surface area contributed by atoms with E-state index in [1.165, 1.54) is 0 Å². The lowest BCUT2D eigenvalue weighted by molar-refractivity contribution is -0.118. The monoisotopic (exact) mass is 199 g/mol. The quantitative estimate of drug-likeness (QED) is 0.526. The molecule has 4 N–H and O–H groups in total. The van der Waals surface area contributed by atoms with Gasteiger partial charge in [-0.3, -0.25) is 9.79 Å². The van der Waals surface area contributed by atoms with Gasteiger partial charge in [-0.1, -0.05) is 20.8 Å². The third kappa shape index (κ3) is 4.84. The average molecular weight is 199 g/mol. The van der Waals surface area contributed by atoms with Crippen molar-refractivity contribution < 1.29 is 4.79 Å². The topological polar surface area (TPSA) is 81.5 Å². The van der Waals surface area contributed by atoms with Crippen LogP contribution in [0.2, 0.25) is 0 Å². The van der Waals surface area contributed by atoms with Gasteiger partial charge in [0.05, 0.1) is 17.8 Å². The number of hydrogen-bond donors (Lipinski definition) is 2. The second kappa shape index (κ2) is 3.98. The molecule has 0 saturated carbocycles. The van der Waals surface area contributed by atoms with Crippen LogP contribution < -0.4 is 11.5 Å². The zero-order chi connectivity index (χ0) is 11.6. The van der Waals surface area contributed by atoms with Crippen LogP contribution in [0.1, 0.15) is 41.0 Å². The summed E-state index contributed by atoms with van der Waals surface area (Å²) in [7, 11) is 0. The second-order valence-corrected chi connectivity index (χ2v) is 5.20. The minimum absolute atomic E-state index is 0.172. The highest BCUT2D eigenvalue weighted by molar-refractivity contribution is 5.86. The number of hydrogen-bond acceptors (Lipinski definition) is 2. The maximum absolute atomic E-state index is 10.8. The van der Waals surface area contributed by atoms with E-state index in [0.29, 0.717) is 5.84 Å². The van der Waals surface area contributed by atoms with Crippen LogP contribution in [-0.4, -0.2) is 17.3 Å². The molecule has 1 amide bonds. The Hall–Kier alpha value is -1.06. The van der Waals surface area contributed by atoms with Gasteiger partial charge >= 0.3 is 0 Å². The van der Waals surface area contributed by atoms with Crippen LogP contribution >= 0.6 is 0 Å². The lowest BCUT2D eigenvalue weighted by atomic mass is 9.93. The molecule has 0 atom stereocenters. The van der Waals surface area contributed by atoms with Crippen molar-refractivity contribution in [2.45, 2.75) is 46.6 Å². The summed E-state index contributed by atoms with van der Waals surface area (Å²) in [5.41, 5.74) is 10.2. The molecular formula is C10H21N3O. The predicted octanol–water partition coefficient (Wildman–Crippen LogP) is 1.04. The second-order valence-electron chi connectivity index (χ2n) is 5.20. The van der Waals surface area contributed by atoms with Crippen LogP contribution in [0, 0.1) is 5.41 Å². The summed E-state index contributed by atoms with van der Waals surface area (Å²) in [6.07, 6.45) is 0.212. The summed E-state index contributed by atoms with van der Waals surface area (Å²) in [6, 6.07) is 0. The van der Waals surface area contributed by atoms with Crippen molar-refractivity contribution in [1.29, 1.82) is 0 Å². The Bertz CT molecular complexity index is 249. The molecule has 0 aromatic carbocycles. The molecule has 0 bridgehead atoms. The lowest BCUT2D eigenvalue weighted by Gasteiger charge is -2.24. The van der Waals surface area contributed by atoms with Gasteiger partial charge in [0.2, 0.25) is 5.91 Å². The molecule has 4 nitrogen and oxygen atoms in total. The molecule has 0 aliphatic heterocycles. The Morgan fingerprint density at radius 2 is 1.57 bits per heavy atom. The van der Waals surface area contributed by atoms with Gasteiger partial charge in [0.1, 0.15) is 0 Å². The van der Waals surface area contributed by atoms with Crippen LogP contribution in [0.3, 0.4) is 0 Å². The SMILES string of the molecule is CC(C)(CC(N)=O)N=C(N)C(C)(C)C. The highest BCUT2D eigenvalue weighted by Crippen LogP contribution is 2.19. The number of nitrogens with two attached hydrogens (primary N) is 2. The molecule has 0 rings (SSSR count). The van der Waals surface area contributed by atoms with E-state index in [1.54, 1.807) is 0 Å². The van der Waals surface area contributed by atoms with Crippen LogP contribution in [0.25, 0.3) is 0 Å². The number of rotatable bonds is 3. The standard InChI is InChI=1S/C10H21N3O/c1-9(2,3)8(12)13-10(4,5)6-7(11)14/h6H2,1-5H3,(H2,11,14)(H2,12,13). The van der Waals surface area contributed by atoms with Crippen molar-refractivity contribution >= 4 is 11.7 Å². The van der Waals surface area contributed by atoms with Gasteiger partial charge < -0.3 is 11.5 Å². The first-order valence-corrected chi connectivity index (χ1v) is 4.69. The number of carbonyl (C=O) groups excluding carboxylic acids is 1. The number of amidine groups is 1. The van der Waals surface area contributed by atoms with E-state index in [1.807, 2.05) is 34.6 Å². The molecule has 4 heteroatoms. The van der Waals surface area contributed by atoms with Crippen molar-refractivity contribution in [1.82, 2.24) is 0 Å². The van der Waals surface area contributed by atoms with E-state index < -0.39 is 5.54 Å². The van der Waals surface area contributed by atoms with Gasteiger partial charge in [0.15, 0.2) is 0 Å². The molecule has 0 unspecified atom stereocenters. The smallest absolute Gasteiger partial charge is 0.219 e. The Kier molecular flexibility index (Phi) is 3.68. The first-order valence-electron chi connectivity index (χ1n) is 4.69. The van der Waals surface area contributed by atoms with Crippen LogP contribution in [0.4, 0.5) is 0 Å². The highest BCUT2D eigenvalue weighted by atomic mass is 16.1. The van der Waals surface area contributed by atoms with Gasteiger partial charge in [-0.05, 0) is 13.8 Å². The first-order chi connectivity index (χ1) is 6.04. The van der Waals surface area contributed by atoms with Crippen molar-refractivity contribution in [3.8, 4) is 0 Å². The summed E-state index contributed by atoms with van der Waals surface area (Å²) in [5.74, 6) is 0.184. The molecule has 0 aliphatic carbocycles. The average Bonchev–Trinajstić information content (AvgIpc) is 1.79. The molecule has 0 aliphatic rings. The van der Waals surface area contributed by atoms with Crippen LogP contribution in [-0.2, 0) is 4.79 Å². The van der Waals surface area contributed by atoms with E-state index >= 15 is 0 Å². The minimum Gasteiger partial charge on any atom is -0.387 e. The molecule has 0 radical (unpaired) electrons. The van der Waals surface area contributed by atoms with E-state index in [0.717, 1.165) is 0 Å². The summed E-state index contributed by atoms with van der Waals surface area (Å²) < 4.78 is 0. The highest BCUT2D eigenvalue weighted by Gasteiger charge is 2.23. The van der Waals surface area contributed by atoms with Gasteiger partial charge in [0.25, 0.3) is 0 Å². The lowest BCUT2D eigenvalue weighted by Crippen LogP contribution is -2.35. The third-order valence-electron chi connectivity index (χ3n) is 1.80. The molecule has 0 heterocycles. The normalized spacial score (nSPS) is 14.2. The maximum atomic E-state index is 10.8. The summed E-state index contributed by atoms with van der Waals surface area (Å²) in [6.45, 7) is 9.62. The van der Waals surface area contributed by atoms with Gasteiger partial charge in [-0.15, -0.1) is 0 Å². The first kappa shape index (κ1) is 12.9. The zero-order valence-electron chi connectivity index (χ0n) is 9.72. The maximum Gasteiger partial charge on any atom is 0.219 e. The number of nitrogens with zero attached hydrogens (tertiary/aromatic N) is 1. The summed E-state index contributed by atoms with van der Waals surface area (Å²) in [5, 5.41) is 0. The molecule has 0 aromatic heterocycles. The Morgan fingerprint density at radius 3 is 1.86 bits per heavy atom. The number of carbonyl (C=O) groups is 1. The van der Waals surface area contributed by atoms with E-state index in [-0.39, 0.29) is 17.7 Å². The zero-order valence-corrected chi connectivity index (χ0v) is 9.72. The Labute approximate surface area is 85.8 Å². The Balaban J connectivity index is 4.70.